The zero-order valence-electron chi connectivity index (χ0n) is 21.8. The smallest absolute Gasteiger partial charge is 0.326 e. The van der Waals surface area contributed by atoms with Gasteiger partial charge in [0.05, 0.1) is 18.0 Å². The van der Waals surface area contributed by atoms with Crippen LogP contribution in [0.25, 0.3) is 22.3 Å². The molecule has 0 radical (unpaired) electrons. The van der Waals surface area contributed by atoms with E-state index in [1.165, 1.54) is 29.9 Å². The number of halogens is 1. The zero-order valence-corrected chi connectivity index (χ0v) is 21.8. The summed E-state index contributed by atoms with van der Waals surface area (Å²) in [7, 11) is 1.37. The highest BCUT2D eigenvalue weighted by atomic mass is 19.1. The topological polar surface area (TPSA) is 76.9 Å². The summed E-state index contributed by atoms with van der Waals surface area (Å²) in [4.78, 5) is 36.3. The summed E-state index contributed by atoms with van der Waals surface area (Å²) in [6, 6.07) is 10.5. The number of anilines is 1. The second kappa shape index (κ2) is 9.78. The third-order valence-electron chi connectivity index (χ3n) is 7.04. The van der Waals surface area contributed by atoms with Crippen molar-refractivity contribution in [2.45, 2.75) is 51.8 Å². The predicted molar refractivity (Wildman–Crippen MR) is 141 cm³/mol. The highest BCUT2D eigenvalue weighted by molar-refractivity contribution is 5.84. The maximum Gasteiger partial charge on any atom is 0.326 e. The molecule has 8 nitrogen and oxygen atoms in total. The van der Waals surface area contributed by atoms with Crippen LogP contribution < -0.4 is 15.2 Å². The van der Waals surface area contributed by atoms with Crippen molar-refractivity contribution in [3.8, 4) is 17.1 Å². The molecular formula is C28H33FN4O4. The predicted octanol–water partition coefficient (Wildman–Crippen LogP) is 3.84. The van der Waals surface area contributed by atoms with Gasteiger partial charge in [-0.05, 0) is 70.0 Å². The Morgan fingerprint density at radius 3 is 2.54 bits per heavy atom. The SMILES string of the molecule is COc1cc(-c2nc3ccc(N4CCN5CCC4CC5)cc3c(=O)n2CC(=O)OC(C)(C)C)ccc1F. The second-order valence-electron chi connectivity index (χ2n) is 10.7. The molecule has 0 spiro atoms. The number of esters is 1. The number of hydrogen-bond acceptors (Lipinski definition) is 7. The lowest BCUT2D eigenvalue weighted by molar-refractivity contribution is -0.155. The fraction of sp³-hybridized carbons (Fsp3) is 0.464. The molecule has 0 atom stereocenters. The quantitative estimate of drug-likeness (QED) is 0.485. The number of fused-ring (bicyclic) bond motifs is 5. The molecule has 9 heteroatoms. The van der Waals surface area contributed by atoms with E-state index in [0.29, 0.717) is 22.5 Å². The van der Waals surface area contributed by atoms with Gasteiger partial charge in [0, 0.05) is 43.5 Å². The minimum absolute atomic E-state index is 0.0257. The first-order valence-corrected chi connectivity index (χ1v) is 12.7. The van der Waals surface area contributed by atoms with Crippen LogP contribution in [0.15, 0.2) is 41.2 Å². The Morgan fingerprint density at radius 2 is 1.84 bits per heavy atom. The van der Waals surface area contributed by atoms with Crippen LogP contribution in [0.3, 0.4) is 0 Å². The standard InChI is InChI=1S/C28H33FN4O4/c1-28(2,3)37-25(34)17-33-26(18-5-7-22(29)24(15-18)36-4)30-23-8-6-20(16-21(23)27(33)35)32-14-13-31-11-9-19(32)10-12-31/h5-8,15-16,19H,9-14,17H2,1-4H3. The highest BCUT2D eigenvalue weighted by Gasteiger charge is 2.29. The molecule has 2 bridgehead atoms. The lowest BCUT2D eigenvalue weighted by atomic mass is 10.0. The van der Waals surface area contributed by atoms with E-state index in [1.807, 2.05) is 18.2 Å². The Balaban J connectivity index is 1.63. The van der Waals surface area contributed by atoms with Gasteiger partial charge in [-0.15, -0.1) is 0 Å². The van der Waals surface area contributed by atoms with Gasteiger partial charge in [0.2, 0.25) is 0 Å². The number of piperidine rings is 1. The van der Waals surface area contributed by atoms with Gasteiger partial charge in [0.15, 0.2) is 11.6 Å². The average molecular weight is 509 g/mol. The van der Waals surface area contributed by atoms with Gasteiger partial charge in [-0.3, -0.25) is 14.2 Å². The van der Waals surface area contributed by atoms with E-state index in [4.69, 9.17) is 14.5 Å². The molecule has 1 aromatic heterocycles. The van der Waals surface area contributed by atoms with Crippen LogP contribution in [0.4, 0.5) is 10.1 Å². The third kappa shape index (κ3) is 5.18. The summed E-state index contributed by atoms with van der Waals surface area (Å²) in [6.07, 6.45) is 2.20. The molecule has 3 aliphatic rings. The molecule has 0 amide bonds. The minimum Gasteiger partial charge on any atom is -0.494 e. The van der Waals surface area contributed by atoms with Crippen LogP contribution in [0.1, 0.15) is 33.6 Å². The van der Waals surface area contributed by atoms with Gasteiger partial charge in [-0.25, -0.2) is 9.37 Å². The number of aromatic nitrogens is 2. The molecule has 0 saturated carbocycles. The van der Waals surface area contributed by atoms with E-state index in [9.17, 15) is 14.0 Å². The normalized spacial score (nSPS) is 19.6. The van der Waals surface area contributed by atoms with Crippen molar-refractivity contribution in [2.75, 3.05) is 38.2 Å². The Bertz CT molecular complexity index is 1390. The Labute approximate surface area is 215 Å². The first-order valence-electron chi connectivity index (χ1n) is 12.7. The van der Waals surface area contributed by atoms with Gasteiger partial charge in [-0.1, -0.05) is 0 Å². The van der Waals surface area contributed by atoms with Crippen LogP contribution in [-0.2, 0) is 16.1 Å². The van der Waals surface area contributed by atoms with Crippen molar-refractivity contribution in [3.05, 3.63) is 52.6 Å². The van der Waals surface area contributed by atoms with E-state index in [1.54, 1.807) is 20.8 Å². The van der Waals surface area contributed by atoms with Gasteiger partial charge in [-0.2, -0.15) is 0 Å². The molecule has 37 heavy (non-hydrogen) atoms. The number of methoxy groups -OCH3 is 1. The summed E-state index contributed by atoms with van der Waals surface area (Å²) < 4.78 is 26.1. The number of carbonyl (C=O) groups is 1. The van der Waals surface area contributed by atoms with Crippen molar-refractivity contribution < 1.29 is 18.7 Å². The number of nitrogens with zero attached hydrogens (tertiary/aromatic N) is 4. The summed E-state index contributed by atoms with van der Waals surface area (Å²) in [5.74, 6) is -0.810. The number of carbonyl (C=O) groups excluding carboxylic acids is 1. The fourth-order valence-electron chi connectivity index (χ4n) is 5.28. The van der Waals surface area contributed by atoms with Crippen LogP contribution in [0.5, 0.6) is 5.75 Å². The van der Waals surface area contributed by atoms with Gasteiger partial charge >= 0.3 is 5.97 Å². The molecule has 3 saturated heterocycles. The van der Waals surface area contributed by atoms with Gasteiger partial charge in [0.1, 0.15) is 18.0 Å². The van der Waals surface area contributed by atoms with Crippen LogP contribution in [0.2, 0.25) is 0 Å². The number of benzene rings is 2. The lowest BCUT2D eigenvalue weighted by Gasteiger charge is -2.33. The number of ether oxygens (including phenoxy) is 2. The molecule has 2 aromatic carbocycles. The largest absolute Gasteiger partial charge is 0.494 e. The van der Waals surface area contributed by atoms with E-state index in [-0.39, 0.29) is 23.7 Å². The van der Waals surface area contributed by atoms with Crippen molar-refractivity contribution in [1.82, 2.24) is 14.5 Å². The summed E-state index contributed by atoms with van der Waals surface area (Å²) in [5.41, 5.74) is 0.900. The highest BCUT2D eigenvalue weighted by Crippen LogP contribution is 2.30. The van der Waals surface area contributed by atoms with Gasteiger partial charge in [0.25, 0.3) is 5.56 Å². The molecule has 3 fully saturated rings. The summed E-state index contributed by atoms with van der Waals surface area (Å²) >= 11 is 0. The van der Waals surface area contributed by atoms with Gasteiger partial charge < -0.3 is 19.3 Å². The van der Waals surface area contributed by atoms with Crippen molar-refractivity contribution in [1.29, 1.82) is 0 Å². The third-order valence-corrected chi connectivity index (χ3v) is 7.04. The fourth-order valence-corrected chi connectivity index (χ4v) is 5.28. The Morgan fingerprint density at radius 1 is 1.08 bits per heavy atom. The van der Waals surface area contributed by atoms with E-state index >= 15 is 0 Å². The number of rotatable bonds is 5. The van der Waals surface area contributed by atoms with Crippen LogP contribution in [0, 0.1) is 5.82 Å². The Kier molecular flexibility index (Phi) is 6.66. The summed E-state index contributed by atoms with van der Waals surface area (Å²) in [5, 5.41) is 0.429. The molecule has 3 aromatic rings. The molecule has 3 aliphatic heterocycles. The van der Waals surface area contributed by atoms with Crippen molar-refractivity contribution in [2.24, 2.45) is 0 Å². The first kappa shape index (κ1) is 25.2. The van der Waals surface area contributed by atoms with Crippen molar-refractivity contribution >= 4 is 22.6 Å². The molecular weight excluding hydrogens is 475 g/mol. The lowest BCUT2D eigenvalue weighted by Crippen LogP contribution is -2.38. The first-order chi connectivity index (χ1) is 17.6. The molecule has 0 unspecified atom stereocenters. The molecule has 0 N–H and O–H groups in total. The second-order valence-corrected chi connectivity index (χ2v) is 10.7. The minimum atomic E-state index is -0.709. The van der Waals surface area contributed by atoms with Crippen LogP contribution >= 0.6 is 0 Å². The average Bonchev–Trinajstić information content (AvgIpc) is 3.19. The molecule has 196 valence electrons. The molecule has 4 heterocycles. The monoisotopic (exact) mass is 508 g/mol. The van der Waals surface area contributed by atoms with Crippen LogP contribution in [-0.4, -0.2) is 65.4 Å². The maximum absolute atomic E-state index is 14.1. The van der Waals surface area contributed by atoms with E-state index < -0.39 is 17.4 Å². The van der Waals surface area contributed by atoms with E-state index in [0.717, 1.165) is 44.7 Å². The summed E-state index contributed by atoms with van der Waals surface area (Å²) in [6.45, 7) is 9.11. The number of hydrogen-bond donors (Lipinski definition) is 0. The van der Waals surface area contributed by atoms with E-state index in [2.05, 4.69) is 9.80 Å². The zero-order chi connectivity index (χ0) is 26.3. The molecule has 6 rings (SSSR count). The van der Waals surface area contributed by atoms with Crippen molar-refractivity contribution in [3.63, 3.8) is 0 Å². The Hall–Kier alpha value is -3.46. The maximum atomic E-state index is 14.1. The molecule has 0 aliphatic carbocycles.